The van der Waals surface area contributed by atoms with Crippen LogP contribution in [0.15, 0.2) is 0 Å². The quantitative estimate of drug-likeness (QED) is 0.374. The molecule has 0 fully saturated rings. The summed E-state index contributed by atoms with van der Waals surface area (Å²) in [5.41, 5.74) is 0. The van der Waals surface area contributed by atoms with Crippen molar-refractivity contribution in [3.8, 4) is 0 Å². The molecule has 0 bridgehead atoms. The fourth-order valence-electron chi connectivity index (χ4n) is 1.32. The number of rotatable bonds is 7. The fraction of sp³-hybridized carbons (Fsp3) is 0.727. The zero-order valence-corrected chi connectivity index (χ0v) is 11.0. The molecule has 0 amide bonds. The van der Waals surface area contributed by atoms with Crippen LogP contribution in [0.4, 0.5) is 0 Å². The lowest BCUT2D eigenvalue weighted by Gasteiger charge is -2.28. The highest BCUT2D eigenvalue weighted by molar-refractivity contribution is 5.93. The third-order valence-electron chi connectivity index (χ3n) is 2.16. The molecule has 0 radical (unpaired) electrons. The second-order valence-corrected chi connectivity index (χ2v) is 5.19. The molecular weight excluding hydrogens is 242 g/mol. The summed E-state index contributed by atoms with van der Waals surface area (Å²) >= 11 is 0. The van der Waals surface area contributed by atoms with Gasteiger partial charge in [-0.25, -0.2) is 0 Å². The van der Waals surface area contributed by atoms with Gasteiger partial charge in [-0.3, -0.25) is 14.4 Å². The average molecular weight is 262 g/mol. The number of likely N-dealkylation sites (N-methyl/N-ethyl adjacent to an activating group) is 1. The van der Waals surface area contributed by atoms with E-state index in [0.717, 1.165) is 0 Å². The van der Waals surface area contributed by atoms with Crippen molar-refractivity contribution in [2.45, 2.75) is 19.4 Å². The molecule has 0 aliphatic carbocycles. The number of carboxylic acids is 2. The Morgan fingerprint density at radius 3 is 2.00 bits per heavy atom. The molecule has 0 spiro atoms. The molecule has 2 atom stereocenters. The molecule has 7 nitrogen and oxygen atoms in total. The molecule has 0 saturated carbocycles. The van der Waals surface area contributed by atoms with Crippen LogP contribution < -0.4 is 0 Å². The summed E-state index contributed by atoms with van der Waals surface area (Å²) in [5.74, 6) is -4.60. The zero-order chi connectivity index (χ0) is 14.5. The largest absolute Gasteiger partial charge is 0.481 e. The Morgan fingerprint density at radius 1 is 1.17 bits per heavy atom. The Balaban J connectivity index is 4.63. The zero-order valence-electron chi connectivity index (χ0n) is 11.0. The van der Waals surface area contributed by atoms with Crippen molar-refractivity contribution in [3.05, 3.63) is 0 Å². The minimum atomic E-state index is -1.30. The summed E-state index contributed by atoms with van der Waals surface area (Å²) in [6.45, 7) is 1.50. The molecule has 0 saturated heterocycles. The summed E-state index contributed by atoms with van der Waals surface area (Å²) < 4.78 is 5.35. The van der Waals surface area contributed by atoms with Crippen LogP contribution in [0.25, 0.3) is 0 Å². The van der Waals surface area contributed by atoms with Crippen molar-refractivity contribution in [2.24, 2.45) is 5.92 Å². The first-order chi connectivity index (χ1) is 8.03. The summed E-state index contributed by atoms with van der Waals surface area (Å²) in [5, 5.41) is 17.4. The number of aliphatic carboxylic acids is 2. The van der Waals surface area contributed by atoms with Crippen LogP contribution in [-0.2, 0) is 19.1 Å². The monoisotopic (exact) mass is 262 g/mol. The summed E-state index contributed by atoms with van der Waals surface area (Å²) in [6.07, 6.45) is -1.18. The Kier molecular flexibility index (Phi) is 5.77. The molecular formula is C11H20NO6+. The van der Waals surface area contributed by atoms with E-state index in [4.69, 9.17) is 14.9 Å². The minimum Gasteiger partial charge on any atom is -0.481 e. The van der Waals surface area contributed by atoms with Crippen molar-refractivity contribution in [1.29, 1.82) is 0 Å². The van der Waals surface area contributed by atoms with Gasteiger partial charge in [-0.05, 0) is 6.92 Å². The van der Waals surface area contributed by atoms with E-state index < -0.39 is 29.9 Å². The standard InChI is InChI=1S/C11H19NO6/c1-7(10(15)16)11(17)18-8(5-9(13)14)6-12(2,3)4/h7-8H,5-6H2,1-4H3,(H-,13,14,15,16)/p+1/t7-,8-/m1/s1. The van der Waals surface area contributed by atoms with Crippen LogP contribution in [0.3, 0.4) is 0 Å². The number of nitrogens with zero attached hydrogens (tertiary/aromatic N) is 1. The molecule has 0 aliphatic heterocycles. The van der Waals surface area contributed by atoms with Crippen LogP contribution in [0.1, 0.15) is 13.3 Å². The Hall–Kier alpha value is -1.63. The van der Waals surface area contributed by atoms with Gasteiger partial charge in [0.15, 0.2) is 12.0 Å². The summed E-state index contributed by atoms with van der Waals surface area (Å²) in [7, 11) is 5.47. The van der Waals surface area contributed by atoms with Crippen molar-refractivity contribution >= 4 is 17.9 Å². The van der Waals surface area contributed by atoms with Crippen molar-refractivity contribution < 1.29 is 33.8 Å². The summed E-state index contributed by atoms with van der Waals surface area (Å²) in [4.78, 5) is 32.7. The lowest BCUT2D eigenvalue weighted by atomic mass is 10.2. The van der Waals surface area contributed by atoms with E-state index >= 15 is 0 Å². The SMILES string of the molecule is C[C@H](C(=O)O)C(=O)O[C@H](CC(=O)O)C[N+](C)(C)C. The lowest BCUT2D eigenvalue weighted by molar-refractivity contribution is -0.873. The van der Waals surface area contributed by atoms with Gasteiger partial charge in [0.2, 0.25) is 0 Å². The number of carboxylic acid groups (broad SMARTS) is 2. The number of ether oxygens (including phenoxy) is 1. The molecule has 0 aromatic rings. The molecule has 0 aromatic heterocycles. The molecule has 0 aliphatic rings. The van der Waals surface area contributed by atoms with E-state index in [2.05, 4.69) is 0 Å². The first-order valence-electron chi connectivity index (χ1n) is 5.48. The van der Waals surface area contributed by atoms with Crippen LogP contribution in [0, 0.1) is 5.92 Å². The number of esters is 1. The van der Waals surface area contributed by atoms with E-state index in [9.17, 15) is 14.4 Å². The van der Waals surface area contributed by atoms with Crippen molar-refractivity contribution in [3.63, 3.8) is 0 Å². The number of carbonyl (C=O) groups excluding carboxylic acids is 1. The molecule has 2 N–H and O–H groups in total. The molecule has 0 unspecified atom stereocenters. The highest BCUT2D eigenvalue weighted by atomic mass is 16.5. The van der Waals surface area contributed by atoms with E-state index in [0.29, 0.717) is 11.0 Å². The van der Waals surface area contributed by atoms with Crippen molar-refractivity contribution in [1.82, 2.24) is 0 Å². The van der Waals surface area contributed by atoms with Gasteiger partial charge >= 0.3 is 17.9 Å². The Labute approximate surface area is 106 Å². The van der Waals surface area contributed by atoms with Gasteiger partial charge in [-0.15, -0.1) is 0 Å². The second-order valence-electron chi connectivity index (χ2n) is 5.19. The van der Waals surface area contributed by atoms with E-state index in [1.807, 2.05) is 21.1 Å². The van der Waals surface area contributed by atoms with Gasteiger partial charge in [-0.2, -0.15) is 0 Å². The predicted molar refractivity (Wildman–Crippen MR) is 61.8 cm³/mol. The van der Waals surface area contributed by atoms with Gasteiger partial charge in [-0.1, -0.05) is 0 Å². The molecule has 0 rings (SSSR count). The molecule has 0 heterocycles. The van der Waals surface area contributed by atoms with Crippen LogP contribution in [0.2, 0.25) is 0 Å². The van der Waals surface area contributed by atoms with Gasteiger partial charge in [0.05, 0.1) is 27.6 Å². The highest BCUT2D eigenvalue weighted by Gasteiger charge is 2.29. The van der Waals surface area contributed by atoms with Gasteiger partial charge < -0.3 is 19.4 Å². The average Bonchev–Trinajstić information content (AvgIpc) is 2.11. The molecule has 0 aromatic carbocycles. The second kappa shape index (κ2) is 6.34. The minimum absolute atomic E-state index is 0.296. The first-order valence-corrected chi connectivity index (χ1v) is 5.48. The van der Waals surface area contributed by atoms with E-state index in [1.165, 1.54) is 6.92 Å². The van der Waals surface area contributed by atoms with Crippen molar-refractivity contribution in [2.75, 3.05) is 27.7 Å². The van der Waals surface area contributed by atoms with Crippen LogP contribution in [0.5, 0.6) is 0 Å². The lowest BCUT2D eigenvalue weighted by Crippen LogP contribution is -2.44. The maximum Gasteiger partial charge on any atom is 0.320 e. The normalized spacial score (nSPS) is 14.7. The predicted octanol–water partition coefficient (Wildman–Crippen LogP) is -0.200. The first kappa shape index (κ1) is 16.4. The maximum absolute atomic E-state index is 11.5. The number of carbonyl (C=O) groups is 3. The smallest absolute Gasteiger partial charge is 0.320 e. The maximum atomic E-state index is 11.5. The van der Waals surface area contributed by atoms with E-state index in [-0.39, 0.29) is 6.42 Å². The van der Waals surface area contributed by atoms with E-state index in [1.54, 1.807) is 0 Å². The topological polar surface area (TPSA) is 101 Å². The van der Waals surface area contributed by atoms with Crippen LogP contribution in [-0.4, -0.2) is 66.4 Å². The third kappa shape index (κ3) is 6.85. The molecule has 7 heteroatoms. The molecule has 104 valence electrons. The third-order valence-corrected chi connectivity index (χ3v) is 2.16. The van der Waals surface area contributed by atoms with Crippen LogP contribution >= 0.6 is 0 Å². The number of hydrogen-bond donors (Lipinski definition) is 2. The van der Waals surface area contributed by atoms with Gasteiger partial charge in [0.25, 0.3) is 0 Å². The Bertz CT molecular complexity index is 333. The number of hydrogen-bond acceptors (Lipinski definition) is 4. The fourth-order valence-corrected chi connectivity index (χ4v) is 1.32. The molecule has 18 heavy (non-hydrogen) atoms. The Morgan fingerprint density at radius 2 is 1.67 bits per heavy atom. The van der Waals surface area contributed by atoms with Gasteiger partial charge in [0.1, 0.15) is 6.54 Å². The van der Waals surface area contributed by atoms with Gasteiger partial charge in [0, 0.05) is 0 Å². The highest BCUT2D eigenvalue weighted by Crippen LogP contribution is 2.09. The summed E-state index contributed by atoms with van der Waals surface area (Å²) in [6, 6.07) is 0. The number of quaternary nitrogens is 1.